The summed E-state index contributed by atoms with van der Waals surface area (Å²) in [4.78, 5) is 26.1. The highest BCUT2D eigenvalue weighted by Gasteiger charge is 2.44. The Balaban J connectivity index is 1.69. The van der Waals surface area contributed by atoms with E-state index in [1.807, 2.05) is 13.8 Å². The molecule has 0 saturated heterocycles. The van der Waals surface area contributed by atoms with E-state index < -0.39 is 23.6 Å². The number of nitrogens with zero attached hydrogens (tertiary/aromatic N) is 1. The second-order valence-corrected chi connectivity index (χ2v) is 13.9. The fourth-order valence-corrected chi connectivity index (χ4v) is 7.53. The van der Waals surface area contributed by atoms with E-state index >= 15 is 0 Å². The summed E-state index contributed by atoms with van der Waals surface area (Å²) in [6.45, 7) is 12.3. The molecule has 2 heterocycles. The van der Waals surface area contributed by atoms with E-state index in [0.717, 1.165) is 24.8 Å². The van der Waals surface area contributed by atoms with Gasteiger partial charge < -0.3 is 25.0 Å². The quantitative estimate of drug-likeness (QED) is 0.141. The van der Waals surface area contributed by atoms with Gasteiger partial charge in [-0.3, -0.25) is 9.59 Å². The number of amides is 1. The smallest absolute Gasteiger partial charge is 0.307 e. The van der Waals surface area contributed by atoms with Crippen LogP contribution < -0.4 is 4.74 Å². The van der Waals surface area contributed by atoms with Crippen LogP contribution in [0.2, 0.25) is 0 Å². The maximum Gasteiger partial charge on any atom is 0.307 e. The van der Waals surface area contributed by atoms with Crippen molar-refractivity contribution in [2.24, 2.45) is 5.92 Å². The van der Waals surface area contributed by atoms with Crippen LogP contribution in [0.25, 0.3) is 0 Å². The largest absolute Gasteiger partial charge is 0.508 e. The standard InChI is InChI=1S/C30H43NO6S2/c1-18(2)9-7-10-19(3)11-8-12-30(6)26(33)14-23-25(32)13-22-24(27(23)37-30)15-31(28(22)34)21(5)17-39-38-16-20(4)29(35)36/h9,11,13,20-21,26,32-33H,7-8,10,12,14-17H2,1-6H3,(H,35,36)/b19-11+/t20-,21+,26-,30-/m0/s1. The van der Waals surface area contributed by atoms with Crippen molar-refractivity contribution in [3.8, 4) is 11.5 Å². The number of hydrogen-bond acceptors (Lipinski definition) is 7. The van der Waals surface area contributed by atoms with Gasteiger partial charge >= 0.3 is 5.97 Å². The molecule has 0 aliphatic carbocycles. The summed E-state index contributed by atoms with van der Waals surface area (Å²) in [6.07, 6.45) is 7.34. The lowest BCUT2D eigenvalue weighted by Crippen LogP contribution is -2.49. The lowest BCUT2D eigenvalue weighted by molar-refractivity contribution is -0.140. The molecule has 0 saturated carbocycles. The second-order valence-electron chi connectivity index (χ2n) is 11.4. The summed E-state index contributed by atoms with van der Waals surface area (Å²) in [7, 11) is 3.06. The third-order valence-corrected chi connectivity index (χ3v) is 10.3. The van der Waals surface area contributed by atoms with Crippen LogP contribution in [0.5, 0.6) is 11.5 Å². The number of aliphatic hydroxyl groups is 1. The van der Waals surface area contributed by atoms with Crippen molar-refractivity contribution in [2.45, 2.75) is 97.9 Å². The van der Waals surface area contributed by atoms with Crippen LogP contribution in [-0.4, -0.2) is 61.3 Å². The van der Waals surface area contributed by atoms with E-state index in [0.29, 0.717) is 41.3 Å². The highest BCUT2D eigenvalue weighted by atomic mass is 33.1. The average Bonchev–Trinajstić information content (AvgIpc) is 3.18. The number of ether oxygens (including phenoxy) is 1. The number of benzene rings is 1. The minimum atomic E-state index is -0.833. The third-order valence-electron chi connectivity index (χ3n) is 7.61. The molecule has 2 aliphatic rings. The molecule has 216 valence electrons. The molecule has 7 nitrogen and oxygen atoms in total. The summed E-state index contributed by atoms with van der Waals surface area (Å²) in [5, 5.41) is 30.8. The highest BCUT2D eigenvalue weighted by Crippen LogP contribution is 2.46. The molecule has 39 heavy (non-hydrogen) atoms. The molecule has 1 aromatic carbocycles. The lowest BCUT2D eigenvalue weighted by Gasteiger charge is -2.41. The predicted molar refractivity (Wildman–Crippen MR) is 160 cm³/mol. The van der Waals surface area contributed by atoms with Crippen molar-refractivity contribution in [3.05, 3.63) is 46.1 Å². The van der Waals surface area contributed by atoms with Crippen LogP contribution in [0.15, 0.2) is 29.4 Å². The monoisotopic (exact) mass is 577 g/mol. The molecule has 1 amide bonds. The minimum absolute atomic E-state index is 0.0182. The molecule has 4 atom stereocenters. The predicted octanol–water partition coefficient (Wildman–Crippen LogP) is 6.37. The van der Waals surface area contributed by atoms with Gasteiger partial charge in [-0.1, -0.05) is 51.8 Å². The van der Waals surface area contributed by atoms with E-state index in [-0.39, 0.29) is 24.1 Å². The van der Waals surface area contributed by atoms with Crippen molar-refractivity contribution in [1.29, 1.82) is 0 Å². The number of aliphatic hydroxyl groups excluding tert-OH is 1. The van der Waals surface area contributed by atoms with Crippen molar-refractivity contribution >= 4 is 33.5 Å². The molecule has 0 unspecified atom stereocenters. The normalized spacial score (nSPS) is 22.1. The van der Waals surface area contributed by atoms with Gasteiger partial charge in [0.2, 0.25) is 0 Å². The number of carbonyl (C=O) groups excluding carboxylic acids is 1. The van der Waals surface area contributed by atoms with E-state index in [1.165, 1.54) is 28.0 Å². The minimum Gasteiger partial charge on any atom is -0.508 e. The number of phenolic OH excluding ortho intramolecular Hbond substituents is 1. The topological polar surface area (TPSA) is 107 Å². The van der Waals surface area contributed by atoms with E-state index in [2.05, 4.69) is 32.9 Å². The third kappa shape index (κ3) is 7.76. The molecule has 3 N–H and O–H groups in total. The molecule has 0 spiro atoms. The first-order valence-electron chi connectivity index (χ1n) is 13.7. The Morgan fingerprint density at radius 1 is 1.18 bits per heavy atom. The van der Waals surface area contributed by atoms with Gasteiger partial charge in [0.15, 0.2) is 0 Å². The van der Waals surface area contributed by atoms with Crippen LogP contribution >= 0.6 is 21.6 Å². The Morgan fingerprint density at radius 2 is 1.87 bits per heavy atom. The Hall–Kier alpha value is -2.10. The van der Waals surface area contributed by atoms with Crippen molar-refractivity contribution in [2.75, 3.05) is 11.5 Å². The maximum atomic E-state index is 13.3. The number of hydrogen-bond donors (Lipinski definition) is 3. The van der Waals surface area contributed by atoms with E-state index in [9.17, 15) is 19.8 Å². The number of aromatic hydroxyl groups is 1. The molecule has 1 aromatic rings. The average molecular weight is 578 g/mol. The summed E-state index contributed by atoms with van der Waals surface area (Å²) >= 11 is 0. The van der Waals surface area contributed by atoms with Gasteiger partial charge in [-0.15, -0.1) is 0 Å². The first-order chi connectivity index (χ1) is 18.3. The molecule has 0 radical (unpaired) electrons. The van der Waals surface area contributed by atoms with E-state index in [4.69, 9.17) is 9.84 Å². The number of aliphatic carboxylic acids is 1. The molecular formula is C30H43NO6S2. The number of allylic oxidation sites excluding steroid dienone is 4. The number of fused-ring (bicyclic) bond motifs is 3. The van der Waals surface area contributed by atoms with Gasteiger partial charge in [0.1, 0.15) is 17.1 Å². The zero-order valence-corrected chi connectivity index (χ0v) is 25.6. The van der Waals surface area contributed by atoms with Gasteiger partial charge in [-0.05, 0) is 66.4 Å². The van der Waals surface area contributed by atoms with Crippen LogP contribution in [-0.2, 0) is 17.8 Å². The number of carboxylic acids is 1. The lowest BCUT2D eigenvalue weighted by atomic mass is 9.84. The second kappa shape index (κ2) is 13.5. The molecular weight excluding hydrogens is 534 g/mol. The summed E-state index contributed by atoms with van der Waals surface area (Å²) in [5.74, 6) is 0.286. The van der Waals surface area contributed by atoms with Crippen molar-refractivity contribution in [3.63, 3.8) is 0 Å². The first-order valence-corrected chi connectivity index (χ1v) is 16.1. The number of carbonyl (C=O) groups is 2. The van der Waals surface area contributed by atoms with E-state index in [1.54, 1.807) is 22.6 Å². The van der Waals surface area contributed by atoms with Crippen LogP contribution in [0, 0.1) is 5.92 Å². The number of phenols is 1. The number of rotatable bonds is 13. The van der Waals surface area contributed by atoms with Crippen molar-refractivity contribution in [1.82, 2.24) is 4.90 Å². The van der Waals surface area contributed by atoms with Crippen molar-refractivity contribution < 1.29 is 29.6 Å². The van der Waals surface area contributed by atoms with Gasteiger partial charge in [-0.25, -0.2) is 0 Å². The molecule has 9 heteroatoms. The maximum absolute atomic E-state index is 13.3. The summed E-state index contributed by atoms with van der Waals surface area (Å²) in [6, 6.07) is 1.43. The molecule has 0 fully saturated rings. The molecule has 0 bridgehead atoms. The molecule has 2 aliphatic heterocycles. The number of carboxylic acid groups (broad SMARTS) is 1. The van der Waals surface area contributed by atoms with Gasteiger partial charge in [0.25, 0.3) is 5.91 Å². The first kappa shape index (κ1) is 31.4. The molecule has 0 aromatic heterocycles. The zero-order valence-electron chi connectivity index (χ0n) is 24.0. The van der Waals surface area contributed by atoms with Gasteiger partial charge in [-0.2, -0.15) is 0 Å². The van der Waals surface area contributed by atoms with Crippen LogP contribution in [0.3, 0.4) is 0 Å². The molecule has 3 rings (SSSR count). The Kier molecular flexibility index (Phi) is 10.9. The van der Waals surface area contributed by atoms with Gasteiger partial charge in [0, 0.05) is 35.1 Å². The highest BCUT2D eigenvalue weighted by molar-refractivity contribution is 8.76. The Labute approximate surface area is 240 Å². The Bertz CT molecular complexity index is 1130. The SMILES string of the molecule is CC(C)=CCC/C(C)=C/CC[C@]1(C)Oc2c(c(O)cc3c2CN([C@H](C)CSSC[C@H](C)C(=O)O)C3=O)C[C@@H]1O. The summed E-state index contributed by atoms with van der Waals surface area (Å²) < 4.78 is 6.48. The Morgan fingerprint density at radius 3 is 2.54 bits per heavy atom. The fourth-order valence-electron chi connectivity index (χ4n) is 4.83. The zero-order chi connectivity index (χ0) is 28.9. The van der Waals surface area contributed by atoms with Crippen LogP contribution in [0.4, 0.5) is 0 Å². The van der Waals surface area contributed by atoms with Gasteiger partial charge in [0.05, 0.1) is 24.1 Å². The fraction of sp³-hybridized carbons (Fsp3) is 0.600. The van der Waals surface area contributed by atoms with Crippen LogP contribution in [0.1, 0.15) is 88.7 Å². The summed E-state index contributed by atoms with van der Waals surface area (Å²) in [5.41, 5.74) is 3.57.